The first-order valence-electron chi connectivity index (χ1n) is 11.3. The van der Waals surface area contributed by atoms with E-state index in [1.165, 1.54) is 52.4 Å². The maximum atomic E-state index is 11.7. The predicted octanol–water partition coefficient (Wildman–Crippen LogP) is 4.67. The van der Waals surface area contributed by atoms with Gasteiger partial charge in [-0.05, 0) is 6.42 Å². The molecule has 0 aromatic heterocycles. The molecule has 0 amide bonds. The number of hydrogen-bond acceptors (Lipinski definition) is 7. The molecule has 0 aliphatic rings. The molecule has 31 heavy (non-hydrogen) atoms. The molecule has 0 saturated carbocycles. The number of unbranched alkanes of at least 4 members (excludes halogenated alkanes) is 8. The molecule has 8 heteroatoms. The van der Waals surface area contributed by atoms with Crippen molar-refractivity contribution in [1.82, 2.24) is 0 Å². The van der Waals surface area contributed by atoms with Crippen molar-refractivity contribution in [2.45, 2.75) is 105 Å². The van der Waals surface area contributed by atoms with E-state index in [0.29, 0.717) is 6.42 Å². The van der Waals surface area contributed by atoms with Gasteiger partial charge in [0.1, 0.15) is 13.2 Å². The molecule has 1 N–H and O–H groups in total. The molecular weight excluding hydrogens is 404 g/mol. The fraction of sp³-hybridized carbons (Fsp3) is 0.826. The molecule has 0 bridgehead atoms. The Morgan fingerprint density at radius 1 is 0.742 bits per heavy atom. The normalized spacial score (nSPS) is 11.2. The van der Waals surface area contributed by atoms with Crippen molar-refractivity contribution in [3.8, 4) is 0 Å². The zero-order valence-electron chi connectivity index (χ0n) is 19.9. The van der Waals surface area contributed by atoms with Crippen LogP contribution in [0.3, 0.4) is 0 Å². The highest BCUT2D eigenvalue weighted by atomic mass is 16.6. The van der Waals surface area contributed by atoms with Crippen LogP contribution in [0.25, 0.3) is 0 Å². The van der Waals surface area contributed by atoms with Crippen molar-refractivity contribution in [2.75, 3.05) is 13.2 Å². The number of rotatable bonds is 16. The molecular formula is C23H42O8. The Morgan fingerprint density at radius 3 is 1.61 bits per heavy atom. The Morgan fingerprint density at radius 2 is 1.19 bits per heavy atom. The molecule has 182 valence electrons. The van der Waals surface area contributed by atoms with E-state index in [0.717, 1.165) is 19.3 Å². The second kappa shape index (κ2) is 21.1. The average Bonchev–Trinajstić information content (AvgIpc) is 2.68. The minimum absolute atomic E-state index is 0.0941. The third kappa shape index (κ3) is 25.8. The molecule has 0 aliphatic carbocycles. The van der Waals surface area contributed by atoms with Crippen LogP contribution in [0.15, 0.2) is 0 Å². The van der Waals surface area contributed by atoms with Crippen LogP contribution in [-0.4, -0.2) is 48.3 Å². The van der Waals surface area contributed by atoms with E-state index in [1.54, 1.807) is 13.8 Å². The van der Waals surface area contributed by atoms with Gasteiger partial charge in [-0.15, -0.1) is 0 Å². The van der Waals surface area contributed by atoms with Crippen molar-refractivity contribution in [3.05, 3.63) is 0 Å². The molecule has 0 aromatic rings. The summed E-state index contributed by atoms with van der Waals surface area (Å²) in [5.74, 6) is -2.27. The summed E-state index contributed by atoms with van der Waals surface area (Å²) >= 11 is 0. The number of esters is 3. The molecule has 1 atom stereocenters. The molecule has 0 spiro atoms. The summed E-state index contributed by atoms with van der Waals surface area (Å²) in [5, 5.41) is 7.99. The van der Waals surface area contributed by atoms with Crippen LogP contribution < -0.4 is 0 Å². The lowest BCUT2D eigenvalue weighted by molar-refractivity contribution is -0.164. The first kappa shape index (κ1) is 31.1. The van der Waals surface area contributed by atoms with Crippen LogP contribution in [0, 0.1) is 5.92 Å². The van der Waals surface area contributed by atoms with Crippen LogP contribution in [-0.2, 0) is 33.4 Å². The van der Waals surface area contributed by atoms with E-state index >= 15 is 0 Å². The van der Waals surface area contributed by atoms with Crippen LogP contribution in [0.2, 0.25) is 0 Å². The smallest absolute Gasteiger partial charge is 0.305 e. The Hall–Kier alpha value is -2.12. The summed E-state index contributed by atoms with van der Waals surface area (Å²) in [6.07, 6.45) is 10.3. The van der Waals surface area contributed by atoms with Crippen molar-refractivity contribution in [2.24, 2.45) is 5.92 Å². The van der Waals surface area contributed by atoms with Gasteiger partial charge in [-0.3, -0.25) is 19.2 Å². The summed E-state index contributed by atoms with van der Waals surface area (Å²) < 4.78 is 14.8. The zero-order chi connectivity index (χ0) is 24.1. The van der Waals surface area contributed by atoms with Crippen molar-refractivity contribution in [1.29, 1.82) is 0 Å². The maximum Gasteiger partial charge on any atom is 0.305 e. The number of carbonyl (C=O) groups excluding carboxylic acids is 3. The highest BCUT2D eigenvalue weighted by Gasteiger charge is 2.16. The van der Waals surface area contributed by atoms with E-state index in [4.69, 9.17) is 19.3 Å². The number of carboxylic acid groups (broad SMARTS) is 1. The van der Waals surface area contributed by atoms with Crippen molar-refractivity contribution < 1.29 is 38.5 Å². The summed E-state index contributed by atoms with van der Waals surface area (Å²) in [7, 11) is 0. The Balaban J connectivity index is 0. The van der Waals surface area contributed by atoms with Crippen LogP contribution in [0.1, 0.15) is 98.8 Å². The summed E-state index contributed by atoms with van der Waals surface area (Å²) in [5.41, 5.74) is 0. The molecule has 0 aliphatic heterocycles. The average molecular weight is 447 g/mol. The van der Waals surface area contributed by atoms with Gasteiger partial charge in [0.2, 0.25) is 0 Å². The van der Waals surface area contributed by atoms with Crippen LogP contribution in [0.4, 0.5) is 0 Å². The number of carbonyl (C=O) groups is 4. The third-order valence-electron chi connectivity index (χ3n) is 4.21. The SMILES string of the molecule is CC(C)C(=O)O.CCCCCCCCCCCC(=O)OCC(COC(C)=O)OC(C)=O. The second-order valence-corrected chi connectivity index (χ2v) is 7.79. The van der Waals surface area contributed by atoms with Gasteiger partial charge in [0.15, 0.2) is 6.10 Å². The molecule has 0 heterocycles. The lowest BCUT2D eigenvalue weighted by Crippen LogP contribution is -2.29. The van der Waals surface area contributed by atoms with Gasteiger partial charge in [-0.1, -0.05) is 72.1 Å². The zero-order valence-corrected chi connectivity index (χ0v) is 19.9. The monoisotopic (exact) mass is 446 g/mol. The van der Waals surface area contributed by atoms with Gasteiger partial charge in [0.05, 0.1) is 5.92 Å². The minimum Gasteiger partial charge on any atom is -0.481 e. The van der Waals surface area contributed by atoms with Gasteiger partial charge < -0.3 is 19.3 Å². The van der Waals surface area contributed by atoms with Crippen molar-refractivity contribution in [3.63, 3.8) is 0 Å². The highest BCUT2D eigenvalue weighted by Crippen LogP contribution is 2.11. The number of hydrogen-bond donors (Lipinski definition) is 1. The van der Waals surface area contributed by atoms with Gasteiger partial charge in [-0.25, -0.2) is 0 Å². The Labute approximate surface area is 187 Å². The topological polar surface area (TPSA) is 116 Å². The lowest BCUT2D eigenvalue weighted by Gasteiger charge is -2.16. The van der Waals surface area contributed by atoms with E-state index in [1.807, 2.05) is 0 Å². The van der Waals surface area contributed by atoms with Gasteiger partial charge in [-0.2, -0.15) is 0 Å². The van der Waals surface area contributed by atoms with Gasteiger partial charge >= 0.3 is 23.9 Å². The molecule has 8 nitrogen and oxygen atoms in total. The largest absolute Gasteiger partial charge is 0.481 e. The third-order valence-corrected chi connectivity index (χ3v) is 4.21. The van der Waals surface area contributed by atoms with Crippen LogP contribution in [0.5, 0.6) is 0 Å². The molecule has 1 unspecified atom stereocenters. The fourth-order valence-corrected chi connectivity index (χ4v) is 2.40. The molecule has 0 fully saturated rings. The van der Waals surface area contributed by atoms with Gasteiger partial charge in [0.25, 0.3) is 0 Å². The standard InChI is InChI=1S/C19H34O6.C4H8O2/c1-4-5-6-7-8-9-10-11-12-13-19(22)24-15-18(25-17(3)21)14-23-16(2)20;1-3(2)4(5)6/h18H,4-15H2,1-3H3;3H,1-2H3,(H,5,6). The fourth-order valence-electron chi connectivity index (χ4n) is 2.40. The first-order valence-corrected chi connectivity index (χ1v) is 11.3. The maximum absolute atomic E-state index is 11.7. The van der Waals surface area contributed by atoms with E-state index < -0.39 is 24.0 Å². The second-order valence-electron chi connectivity index (χ2n) is 7.79. The van der Waals surface area contributed by atoms with Crippen molar-refractivity contribution >= 4 is 23.9 Å². The Kier molecular flexibility index (Phi) is 21.2. The molecule has 0 aromatic carbocycles. The van der Waals surface area contributed by atoms with Crippen LogP contribution >= 0.6 is 0 Å². The minimum atomic E-state index is -0.756. The summed E-state index contributed by atoms with van der Waals surface area (Å²) in [6, 6.07) is 0. The van der Waals surface area contributed by atoms with E-state index in [-0.39, 0.29) is 25.1 Å². The number of ether oxygens (including phenoxy) is 3. The molecule has 0 saturated heterocycles. The summed E-state index contributed by atoms with van der Waals surface area (Å²) in [4.78, 5) is 43.2. The molecule has 0 rings (SSSR count). The van der Waals surface area contributed by atoms with E-state index in [2.05, 4.69) is 6.92 Å². The molecule has 0 radical (unpaired) electrons. The van der Waals surface area contributed by atoms with Gasteiger partial charge in [0, 0.05) is 20.3 Å². The number of carboxylic acids is 1. The quantitative estimate of drug-likeness (QED) is 0.206. The lowest BCUT2D eigenvalue weighted by atomic mass is 10.1. The predicted molar refractivity (Wildman–Crippen MR) is 117 cm³/mol. The number of aliphatic carboxylic acids is 1. The Bertz CT molecular complexity index is 502. The first-order chi connectivity index (χ1) is 14.6. The highest BCUT2D eigenvalue weighted by molar-refractivity contribution is 5.69. The van der Waals surface area contributed by atoms with E-state index in [9.17, 15) is 19.2 Å². The summed E-state index contributed by atoms with van der Waals surface area (Å²) in [6.45, 7) is 7.81.